The molecule has 1 atom stereocenters. The Morgan fingerprint density at radius 1 is 1.47 bits per heavy atom. The molecule has 0 amide bonds. The molecule has 1 saturated heterocycles. The molecule has 1 aromatic rings. The molecule has 1 N–H and O–H groups in total. The number of likely N-dealkylation sites (tertiary alicyclic amines) is 1. The molecule has 2 heterocycles. The molecule has 1 unspecified atom stereocenters. The van der Waals surface area contributed by atoms with E-state index in [2.05, 4.69) is 27.1 Å². The summed E-state index contributed by atoms with van der Waals surface area (Å²) in [5.41, 5.74) is 0. The van der Waals surface area contributed by atoms with Crippen LogP contribution in [0.4, 0.5) is 5.82 Å². The van der Waals surface area contributed by atoms with E-state index in [1.165, 1.54) is 25.9 Å². The number of hydrogen-bond acceptors (Lipinski definition) is 4. The first kappa shape index (κ1) is 10.4. The standard InChI is InChI=1S/C11H18N4/c1-10(15-6-2-3-7-15)8-13-11-4-5-12-9-14-11/h4-5,9-10H,2-3,6-8H2,1H3,(H,12,13,14). The van der Waals surface area contributed by atoms with Crippen molar-refractivity contribution in [2.45, 2.75) is 25.8 Å². The zero-order valence-electron chi connectivity index (χ0n) is 9.19. The minimum atomic E-state index is 0.586. The number of rotatable bonds is 4. The number of hydrogen-bond donors (Lipinski definition) is 1. The van der Waals surface area contributed by atoms with Crippen LogP contribution in [0.2, 0.25) is 0 Å². The van der Waals surface area contributed by atoms with Crippen molar-refractivity contribution in [2.75, 3.05) is 25.0 Å². The van der Waals surface area contributed by atoms with Gasteiger partial charge in [0.15, 0.2) is 0 Å². The molecule has 0 spiro atoms. The maximum atomic E-state index is 4.14. The van der Waals surface area contributed by atoms with Gasteiger partial charge in [-0.25, -0.2) is 9.97 Å². The summed E-state index contributed by atoms with van der Waals surface area (Å²) in [7, 11) is 0. The second kappa shape index (κ2) is 5.07. The van der Waals surface area contributed by atoms with Crippen molar-refractivity contribution in [3.05, 3.63) is 18.6 Å². The van der Waals surface area contributed by atoms with Crippen molar-refractivity contribution in [2.24, 2.45) is 0 Å². The highest BCUT2D eigenvalue weighted by Gasteiger charge is 2.17. The van der Waals surface area contributed by atoms with Crippen LogP contribution in [0.1, 0.15) is 19.8 Å². The van der Waals surface area contributed by atoms with Gasteiger partial charge < -0.3 is 5.32 Å². The van der Waals surface area contributed by atoms with E-state index in [0.29, 0.717) is 6.04 Å². The van der Waals surface area contributed by atoms with Crippen LogP contribution in [0.15, 0.2) is 18.6 Å². The van der Waals surface area contributed by atoms with E-state index >= 15 is 0 Å². The van der Waals surface area contributed by atoms with Crippen LogP contribution < -0.4 is 5.32 Å². The van der Waals surface area contributed by atoms with Crippen molar-refractivity contribution < 1.29 is 0 Å². The molecular weight excluding hydrogens is 188 g/mol. The monoisotopic (exact) mass is 206 g/mol. The summed E-state index contributed by atoms with van der Waals surface area (Å²) < 4.78 is 0. The second-order valence-corrected chi connectivity index (χ2v) is 4.07. The predicted molar refractivity (Wildman–Crippen MR) is 60.8 cm³/mol. The first-order valence-electron chi connectivity index (χ1n) is 5.60. The number of nitrogens with zero attached hydrogens (tertiary/aromatic N) is 3. The molecule has 0 radical (unpaired) electrons. The third kappa shape index (κ3) is 2.89. The van der Waals surface area contributed by atoms with E-state index in [1.54, 1.807) is 12.5 Å². The van der Waals surface area contributed by atoms with Crippen molar-refractivity contribution in [3.63, 3.8) is 0 Å². The van der Waals surface area contributed by atoms with E-state index in [1.807, 2.05) is 6.07 Å². The van der Waals surface area contributed by atoms with Gasteiger partial charge in [0.05, 0.1) is 0 Å². The quantitative estimate of drug-likeness (QED) is 0.808. The van der Waals surface area contributed by atoms with Crippen molar-refractivity contribution in [1.29, 1.82) is 0 Å². The number of nitrogens with one attached hydrogen (secondary N) is 1. The average molecular weight is 206 g/mol. The fraction of sp³-hybridized carbons (Fsp3) is 0.636. The zero-order chi connectivity index (χ0) is 10.5. The Balaban J connectivity index is 1.77. The van der Waals surface area contributed by atoms with Gasteiger partial charge >= 0.3 is 0 Å². The highest BCUT2D eigenvalue weighted by atomic mass is 15.2. The SMILES string of the molecule is CC(CNc1ccncn1)N1CCCC1. The molecule has 1 fully saturated rings. The zero-order valence-corrected chi connectivity index (χ0v) is 9.19. The van der Waals surface area contributed by atoms with Crippen LogP contribution in [0.3, 0.4) is 0 Å². The lowest BCUT2D eigenvalue weighted by Gasteiger charge is -2.23. The van der Waals surface area contributed by atoms with Crippen molar-refractivity contribution in [3.8, 4) is 0 Å². The predicted octanol–water partition coefficient (Wildman–Crippen LogP) is 1.37. The van der Waals surface area contributed by atoms with Gasteiger partial charge in [-0.15, -0.1) is 0 Å². The first-order valence-corrected chi connectivity index (χ1v) is 5.60. The smallest absolute Gasteiger partial charge is 0.129 e. The minimum Gasteiger partial charge on any atom is -0.368 e. The topological polar surface area (TPSA) is 41.1 Å². The van der Waals surface area contributed by atoms with Gasteiger partial charge in [0, 0.05) is 18.8 Å². The fourth-order valence-electron chi connectivity index (χ4n) is 1.96. The lowest BCUT2D eigenvalue weighted by molar-refractivity contribution is 0.269. The van der Waals surface area contributed by atoms with Gasteiger partial charge in [-0.1, -0.05) is 0 Å². The summed E-state index contributed by atoms with van der Waals surface area (Å²) in [5, 5.41) is 3.33. The van der Waals surface area contributed by atoms with E-state index in [9.17, 15) is 0 Å². The largest absolute Gasteiger partial charge is 0.368 e. The molecule has 4 heteroatoms. The summed E-state index contributed by atoms with van der Waals surface area (Å²) in [5.74, 6) is 0.913. The number of anilines is 1. The Morgan fingerprint density at radius 3 is 2.93 bits per heavy atom. The van der Waals surface area contributed by atoms with Crippen molar-refractivity contribution in [1.82, 2.24) is 14.9 Å². The summed E-state index contributed by atoms with van der Waals surface area (Å²) in [6, 6.07) is 2.49. The first-order chi connectivity index (χ1) is 7.36. The molecule has 4 nitrogen and oxygen atoms in total. The lowest BCUT2D eigenvalue weighted by Crippen LogP contribution is -2.35. The van der Waals surface area contributed by atoms with Gasteiger partial charge in [-0.2, -0.15) is 0 Å². The summed E-state index contributed by atoms with van der Waals surface area (Å²) >= 11 is 0. The third-order valence-corrected chi connectivity index (χ3v) is 2.92. The van der Waals surface area contributed by atoms with Crippen LogP contribution in [0, 0.1) is 0 Å². The maximum absolute atomic E-state index is 4.14. The minimum absolute atomic E-state index is 0.586. The molecule has 1 aliphatic heterocycles. The van der Waals surface area contributed by atoms with E-state index in [-0.39, 0.29) is 0 Å². The van der Waals surface area contributed by atoms with E-state index < -0.39 is 0 Å². The third-order valence-electron chi connectivity index (χ3n) is 2.92. The molecule has 0 bridgehead atoms. The molecular formula is C11H18N4. The maximum Gasteiger partial charge on any atom is 0.129 e. The highest BCUT2D eigenvalue weighted by molar-refractivity contribution is 5.31. The van der Waals surface area contributed by atoms with Crippen LogP contribution in [0.5, 0.6) is 0 Å². The molecule has 1 aromatic heterocycles. The molecule has 2 rings (SSSR count). The molecule has 82 valence electrons. The highest BCUT2D eigenvalue weighted by Crippen LogP contribution is 2.11. The van der Waals surface area contributed by atoms with Gasteiger partial charge in [0.2, 0.25) is 0 Å². The fourth-order valence-corrected chi connectivity index (χ4v) is 1.96. The van der Waals surface area contributed by atoms with E-state index in [0.717, 1.165) is 12.4 Å². The van der Waals surface area contributed by atoms with Crippen LogP contribution in [-0.4, -0.2) is 40.5 Å². The molecule has 0 saturated carbocycles. The molecule has 1 aliphatic rings. The molecule has 0 aromatic carbocycles. The average Bonchev–Trinajstić information content (AvgIpc) is 2.81. The Bertz CT molecular complexity index is 282. The van der Waals surface area contributed by atoms with Crippen LogP contribution >= 0.6 is 0 Å². The van der Waals surface area contributed by atoms with Gasteiger partial charge in [-0.05, 0) is 38.9 Å². The van der Waals surface area contributed by atoms with Crippen molar-refractivity contribution >= 4 is 5.82 Å². The summed E-state index contributed by atoms with van der Waals surface area (Å²) in [4.78, 5) is 10.5. The lowest BCUT2D eigenvalue weighted by atomic mass is 10.3. The second-order valence-electron chi connectivity index (χ2n) is 4.07. The Hall–Kier alpha value is -1.16. The van der Waals surface area contributed by atoms with Gasteiger partial charge in [0.25, 0.3) is 0 Å². The Kier molecular flexibility index (Phi) is 3.50. The van der Waals surface area contributed by atoms with E-state index in [4.69, 9.17) is 0 Å². The summed E-state index contributed by atoms with van der Waals surface area (Å²) in [6.45, 7) is 5.70. The molecule has 15 heavy (non-hydrogen) atoms. The van der Waals surface area contributed by atoms with Gasteiger partial charge in [-0.3, -0.25) is 4.90 Å². The molecule has 0 aliphatic carbocycles. The number of aromatic nitrogens is 2. The normalized spacial score (nSPS) is 19.0. The van der Waals surface area contributed by atoms with Crippen LogP contribution in [0.25, 0.3) is 0 Å². The van der Waals surface area contributed by atoms with Crippen LogP contribution in [-0.2, 0) is 0 Å². The summed E-state index contributed by atoms with van der Waals surface area (Å²) in [6.07, 6.45) is 6.02. The van der Waals surface area contributed by atoms with Gasteiger partial charge in [0.1, 0.15) is 12.1 Å². The Morgan fingerprint density at radius 2 is 2.27 bits per heavy atom. The Labute approximate surface area is 90.7 Å².